The van der Waals surface area contributed by atoms with Gasteiger partial charge >= 0.3 is 0 Å². The van der Waals surface area contributed by atoms with Crippen LogP contribution in [0.1, 0.15) is 29.9 Å². The molecule has 184 valence electrons. The van der Waals surface area contributed by atoms with E-state index >= 15 is 0 Å². The fraction of sp³-hybridized carbons (Fsp3) is 0.333. The Morgan fingerprint density at radius 3 is 2.56 bits per heavy atom. The summed E-state index contributed by atoms with van der Waals surface area (Å²) in [5.41, 5.74) is 2.77. The van der Waals surface area contributed by atoms with Crippen molar-refractivity contribution in [2.24, 2.45) is 0 Å². The van der Waals surface area contributed by atoms with Crippen LogP contribution in [0.25, 0.3) is 22.2 Å². The van der Waals surface area contributed by atoms with Crippen molar-refractivity contribution in [1.82, 2.24) is 29.8 Å². The van der Waals surface area contributed by atoms with E-state index < -0.39 is 0 Å². The number of aromatic nitrogens is 5. The zero-order valence-corrected chi connectivity index (χ0v) is 20.8. The summed E-state index contributed by atoms with van der Waals surface area (Å²) in [5.74, 6) is 1.58. The van der Waals surface area contributed by atoms with E-state index in [0.29, 0.717) is 22.8 Å². The zero-order chi connectivity index (χ0) is 25.1. The molecule has 0 aliphatic carbocycles. The predicted octanol–water partition coefficient (Wildman–Crippen LogP) is 3.48. The molecule has 0 atom stereocenters. The van der Waals surface area contributed by atoms with Crippen LogP contribution in [-0.2, 0) is 6.42 Å². The van der Waals surface area contributed by atoms with Gasteiger partial charge in [-0.25, -0.2) is 9.97 Å². The maximum absolute atomic E-state index is 13.1. The van der Waals surface area contributed by atoms with E-state index in [1.165, 1.54) is 0 Å². The Hall–Kier alpha value is -3.98. The number of hydrogen-bond acceptors (Lipinski definition) is 9. The summed E-state index contributed by atoms with van der Waals surface area (Å²) < 4.78 is 0. The van der Waals surface area contributed by atoms with E-state index in [1.807, 2.05) is 18.2 Å². The number of nitrogens with one attached hydrogen (secondary N) is 1. The molecule has 0 aromatic carbocycles. The summed E-state index contributed by atoms with van der Waals surface area (Å²) in [5, 5.41) is 5.12. The van der Waals surface area contributed by atoms with E-state index in [0.717, 1.165) is 48.5 Å². The molecule has 1 saturated heterocycles. The molecular weight excluding hydrogens is 452 g/mol. The van der Waals surface area contributed by atoms with E-state index in [4.69, 9.17) is 0 Å². The minimum Gasteiger partial charge on any atom is -0.367 e. The van der Waals surface area contributed by atoms with Crippen LogP contribution in [0.5, 0.6) is 0 Å². The summed E-state index contributed by atoms with van der Waals surface area (Å²) in [4.78, 5) is 40.1. The van der Waals surface area contributed by atoms with Crippen LogP contribution in [0, 0.1) is 0 Å². The molecule has 9 nitrogen and oxygen atoms in total. The maximum Gasteiger partial charge on any atom is 0.169 e. The first-order chi connectivity index (χ1) is 17.4. The van der Waals surface area contributed by atoms with Gasteiger partial charge < -0.3 is 15.1 Å². The highest BCUT2D eigenvalue weighted by molar-refractivity contribution is 5.98. The van der Waals surface area contributed by atoms with E-state index in [9.17, 15) is 4.79 Å². The van der Waals surface area contributed by atoms with Gasteiger partial charge in [0.15, 0.2) is 5.78 Å². The van der Waals surface area contributed by atoms with Gasteiger partial charge in [0.05, 0.1) is 24.5 Å². The molecule has 5 rings (SSSR count). The average molecular weight is 483 g/mol. The highest BCUT2D eigenvalue weighted by Crippen LogP contribution is 2.22. The molecule has 0 amide bonds. The van der Waals surface area contributed by atoms with Gasteiger partial charge in [-0.2, -0.15) is 0 Å². The largest absolute Gasteiger partial charge is 0.367 e. The minimum absolute atomic E-state index is 0.0206. The lowest BCUT2D eigenvalue weighted by Gasteiger charge is -2.33. The number of anilines is 2. The van der Waals surface area contributed by atoms with Gasteiger partial charge in [0, 0.05) is 67.5 Å². The fourth-order valence-electron chi connectivity index (χ4n) is 4.24. The average Bonchev–Trinajstić information content (AvgIpc) is 2.88. The van der Waals surface area contributed by atoms with Gasteiger partial charge in [-0.1, -0.05) is 0 Å². The molecule has 1 aliphatic heterocycles. The van der Waals surface area contributed by atoms with Crippen molar-refractivity contribution < 1.29 is 4.79 Å². The van der Waals surface area contributed by atoms with Gasteiger partial charge in [0.1, 0.15) is 17.3 Å². The fourth-order valence-corrected chi connectivity index (χ4v) is 4.24. The topological polar surface area (TPSA) is 100 Å². The number of carbonyl (C=O) groups is 1. The molecule has 1 aliphatic rings. The number of rotatable bonds is 7. The molecule has 0 radical (unpaired) electrons. The Bertz CT molecular complexity index is 1380. The van der Waals surface area contributed by atoms with Gasteiger partial charge in [-0.15, -0.1) is 0 Å². The van der Waals surface area contributed by atoms with Gasteiger partial charge in [0.2, 0.25) is 0 Å². The van der Waals surface area contributed by atoms with E-state index in [-0.39, 0.29) is 18.2 Å². The van der Waals surface area contributed by atoms with Crippen molar-refractivity contribution in [3.63, 3.8) is 0 Å². The number of piperazine rings is 1. The third kappa shape index (κ3) is 5.46. The monoisotopic (exact) mass is 482 g/mol. The zero-order valence-electron chi connectivity index (χ0n) is 20.8. The molecule has 36 heavy (non-hydrogen) atoms. The molecular formula is C27H30N8O. The Labute approximate surface area is 210 Å². The highest BCUT2D eigenvalue weighted by atomic mass is 16.1. The van der Waals surface area contributed by atoms with Gasteiger partial charge in [-0.05, 0) is 50.5 Å². The first-order valence-electron chi connectivity index (χ1n) is 12.2. The molecule has 0 spiro atoms. The smallest absolute Gasteiger partial charge is 0.169 e. The van der Waals surface area contributed by atoms with Crippen LogP contribution in [0.15, 0.2) is 55.2 Å². The standard InChI is InChI=1S/C27H30N8O/c1-18(2)32-26-17-28-16-24(33-26)23-11-20-10-22(30-14-21(20)15-31-23)13-25(36)19-4-5-29-27(12-19)35-8-6-34(3)7-9-35/h4-5,10-12,14-18H,6-9,13H2,1-3H3,(H,32,33). The number of fused-ring (bicyclic) bond motifs is 1. The van der Waals surface area contributed by atoms with Crippen LogP contribution >= 0.6 is 0 Å². The van der Waals surface area contributed by atoms with Crippen molar-refractivity contribution in [2.45, 2.75) is 26.3 Å². The normalized spacial score (nSPS) is 14.4. The molecule has 9 heteroatoms. The second-order valence-corrected chi connectivity index (χ2v) is 9.47. The van der Waals surface area contributed by atoms with Crippen LogP contribution in [0.2, 0.25) is 0 Å². The van der Waals surface area contributed by atoms with Crippen molar-refractivity contribution >= 4 is 28.2 Å². The summed E-state index contributed by atoms with van der Waals surface area (Å²) in [6.45, 7) is 7.90. The van der Waals surface area contributed by atoms with Crippen molar-refractivity contribution in [3.8, 4) is 11.4 Å². The molecule has 0 saturated carbocycles. The quantitative estimate of drug-likeness (QED) is 0.397. The SMILES string of the molecule is CC(C)Nc1cncc(-c2cc3cc(CC(=O)c4ccnc(N5CCN(C)CC5)c4)ncc3cn2)n1. The van der Waals surface area contributed by atoms with Crippen LogP contribution in [0.4, 0.5) is 11.6 Å². The Morgan fingerprint density at radius 1 is 0.944 bits per heavy atom. The van der Waals surface area contributed by atoms with Crippen molar-refractivity contribution in [1.29, 1.82) is 0 Å². The lowest BCUT2D eigenvalue weighted by molar-refractivity contribution is 0.0992. The predicted molar refractivity (Wildman–Crippen MR) is 141 cm³/mol. The Morgan fingerprint density at radius 2 is 1.75 bits per heavy atom. The third-order valence-corrected chi connectivity index (χ3v) is 6.23. The van der Waals surface area contributed by atoms with E-state index in [2.05, 4.69) is 60.9 Å². The summed E-state index contributed by atoms with van der Waals surface area (Å²) in [6, 6.07) is 7.84. The molecule has 0 unspecified atom stereocenters. The number of carbonyl (C=O) groups excluding carboxylic acids is 1. The number of nitrogens with zero attached hydrogens (tertiary/aromatic N) is 7. The first kappa shape index (κ1) is 23.7. The first-order valence-corrected chi connectivity index (χ1v) is 12.2. The van der Waals surface area contributed by atoms with Crippen LogP contribution in [-0.4, -0.2) is 74.9 Å². The number of ketones is 1. The molecule has 1 fully saturated rings. The number of hydrogen-bond donors (Lipinski definition) is 1. The lowest BCUT2D eigenvalue weighted by atomic mass is 10.1. The highest BCUT2D eigenvalue weighted by Gasteiger charge is 2.17. The van der Waals surface area contributed by atoms with Crippen molar-refractivity contribution in [3.05, 3.63) is 66.5 Å². The summed E-state index contributed by atoms with van der Waals surface area (Å²) >= 11 is 0. The van der Waals surface area contributed by atoms with Gasteiger partial charge in [-0.3, -0.25) is 19.7 Å². The number of likely N-dealkylation sites (N-methyl/N-ethyl adjacent to an activating group) is 1. The summed E-state index contributed by atoms with van der Waals surface area (Å²) in [6.07, 6.45) is 8.88. The lowest BCUT2D eigenvalue weighted by Crippen LogP contribution is -2.44. The molecule has 4 aromatic rings. The second-order valence-electron chi connectivity index (χ2n) is 9.47. The van der Waals surface area contributed by atoms with Crippen molar-refractivity contribution in [2.75, 3.05) is 43.4 Å². The minimum atomic E-state index is 0.0206. The second kappa shape index (κ2) is 10.3. The Balaban J connectivity index is 1.35. The molecule has 5 heterocycles. The number of Topliss-reactive ketones (excluding diaryl/α,β-unsaturated/α-hetero) is 1. The number of pyridine rings is 3. The van der Waals surface area contributed by atoms with Crippen LogP contribution < -0.4 is 10.2 Å². The Kier molecular flexibility index (Phi) is 6.81. The summed E-state index contributed by atoms with van der Waals surface area (Å²) in [7, 11) is 2.12. The maximum atomic E-state index is 13.1. The molecule has 0 bridgehead atoms. The molecule has 4 aromatic heterocycles. The van der Waals surface area contributed by atoms with Gasteiger partial charge in [0.25, 0.3) is 0 Å². The van der Waals surface area contributed by atoms with Crippen LogP contribution in [0.3, 0.4) is 0 Å². The third-order valence-electron chi connectivity index (χ3n) is 6.23. The molecule has 1 N–H and O–H groups in total. The van der Waals surface area contributed by atoms with E-state index in [1.54, 1.807) is 37.1 Å².